The molecule has 0 saturated carbocycles. The standard InChI is InChI=1S/C9H15N3O3/c1-9(2,3)7-11-6(15-12-7)4-5-10-8(13)14/h10H,4-5H2,1-3H3,(H,13,14). The van der Waals surface area contributed by atoms with Gasteiger partial charge in [0.1, 0.15) is 0 Å². The predicted molar refractivity (Wildman–Crippen MR) is 52.7 cm³/mol. The molecule has 0 aliphatic heterocycles. The van der Waals surface area contributed by atoms with Gasteiger partial charge in [0.15, 0.2) is 5.82 Å². The lowest BCUT2D eigenvalue weighted by Crippen LogP contribution is -2.23. The van der Waals surface area contributed by atoms with E-state index in [4.69, 9.17) is 9.63 Å². The van der Waals surface area contributed by atoms with Crippen LogP contribution >= 0.6 is 0 Å². The third-order valence-corrected chi connectivity index (χ3v) is 1.75. The molecule has 0 atom stereocenters. The van der Waals surface area contributed by atoms with Crippen LogP contribution in [0.2, 0.25) is 0 Å². The second kappa shape index (κ2) is 4.29. The molecule has 0 bridgehead atoms. The Morgan fingerprint density at radius 3 is 2.67 bits per heavy atom. The van der Waals surface area contributed by atoms with Crippen LogP contribution in [0.25, 0.3) is 0 Å². The summed E-state index contributed by atoms with van der Waals surface area (Å²) in [6.07, 6.45) is -0.638. The minimum Gasteiger partial charge on any atom is -0.465 e. The summed E-state index contributed by atoms with van der Waals surface area (Å²) in [4.78, 5) is 14.3. The highest BCUT2D eigenvalue weighted by atomic mass is 16.5. The molecular weight excluding hydrogens is 198 g/mol. The van der Waals surface area contributed by atoms with Crippen LogP contribution in [0.4, 0.5) is 4.79 Å². The zero-order chi connectivity index (χ0) is 11.5. The number of carboxylic acid groups (broad SMARTS) is 1. The fraction of sp³-hybridized carbons (Fsp3) is 0.667. The van der Waals surface area contributed by atoms with E-state index in [0.717, 1.165) is 0 Å². The van der Waals surface area contributed by atoms with Crippen molar-refractivity contribution in [1.82, 2.24) is 15.5 Å². The van der Waals surface area contributed by atoms with E-state index >= 15 is 0 Å². The summed E-state index contributed by atoms with van der Waals surface area (Å²) in [7, 11) is 0. The molecule has 6 nitrogen and oxygen atoms in total. The van der Waals surface area contributed by atoms with Crippen LogP contribution in [0.3, 0.4) is 0 Å². The van der Waals surface area contributed by atoms with Crippen molar-refractivity contribution in [2.24, 2.45) is 0 Å². The van der Waals surface area contributed by atoms with E-state index in [2.05, 4.69) is 15.5 Å². The maximum atomic E-state index is 10.2. The summed E-state index contributed by atoms with van der Waals surface area (Å²) in [5.74, 6) is 1.08. The fourth-order valence-corrected chi connectivity index (χ4v) is 0.937. The van der Waals surface area contributed by atoms with Gasteiger partial charge in [-0.05, 0) is 0 Å². The van der Waals surface area contributed by atoms with Crippen molar-refractivity contribution in [3.05, 3.63) is 11.7 Å². The van der Waals surface area contributed by atoms with Gasteiger partial charge >= 0.3 is 6.09 Å². The van der Waals surface area contributed by atoms with Crippen molar-refractivity contribution in [3.8, 4) is 0 Å². The molecule has 84 valence electrons. The highest BCUT2D eigenvalue weighted by molar-refractivity contribution is 5.64. The predicted octanol–water partition coefficient (Wildman–Crippen LogP) is 1.18. The number of rotatable bonds is 3. The number of nitrogens with one attached hydrogen (secondary N) is 1. The number of carbonyl (C=O) groups is 1. The Labute approximate surface area is 87.7 Å². The molecule has 0 aliphatic carbocycles. The number of amides is 1. The summed E-state index contributed by atoms with van der Waals surface area (Å²) < 4.78 is 4.98. The van der Waals surface area contributed by atoms with Gasteiger partial charge in [-0.25, -0.2) is 4.79 Å². The lowest BCUT2D eigenvalue weighted by Gasteiger charge is -2.10. The quantitative estimate of drug-likeness (QED) is 0.787. The molecule has 2 N–H and O–H groups in total. The minimum atomic E-state index is -1.05. The first-order chi connectivity index (χ1) is 6.89. The average molecular weight is 213 g/mol. The van der Waals surface area contributed by atoms with E-state index < -0.39 is 6.09 Å². The number of hydrogen-bond donors (Lipinski definition) is 2. The molecule has 1 heterocycles. The van der Waals surface area contributed by atoms with Crippen LogP contribution in [-0.4, -0.2) is 27.9 Å². The molecule has 0 aromatic carbocycles. The van der Waals surface area contributed by atoms with E-state index in [9.17, 15) is 4.79 Å². The van der Waals surface area contributed by atoms with Crippen LogP contribution in [0.5, 0.6) is 0 Å². The first kappa shape index (κ1) is 11.5. The highest BCUT2D eigenvalue weighted by Crippen LogP contribution is 2.18. The van der Waals surface area contributed by atoms with Gasteiger partial charge < -0.3 is 14.9 Å². The van der Waals surface area contributed by atoms with Gasteiger partial charge in [0, 0.05) is 18.4 Å². The molecule has 0 saturated heterocycles. The normalized spacial score (nSPS) is 11.4. The van der Waals surface area contributed by atoms with Crippen molar-refractivity contribution in [1.29, 1.82) is 0 Å². The monoisotopic (exact) mass is 213 g/mol. The van der Waals surface area contributed by atoms with E-state index in [0.29, 0.717) is 18.1 Å². The van der Waals surface area contributed by atoms with Crippen LogP contribution in [0.1, 0.15) is 32.5 Å². The summed E-state index contributed by atoms with van der Waals surface area (Å²) in [6, 6.07) is 0. The Hall–Kier alpha value is -1.59. The molecule has 0 aliphatic rings. The average Bonchev–Trinajstić information content (AvgIpc) is 2.51. The van der Waals surface area contributed by atoms with E-state index in [-0.39, 0.29) is 12.0 Å². The molecule has 1 amide bonds. The molecule has 1 aromatic heterocycles. The Bertz CT molecular complexity index is 341. The Morgan fingerprint density at radius 2 is 2.20 bits per heavy atom. The van der Waals surface area contributed by atoms with Gasteiger partial charge in [0.05, 0.1) is 0 Å². The van der Waals surface area contributed by atoms with Crippen LogP contribution < -0.4 is 5.32 Å². The number of nitrogens with zero attached hydrogens (tertiary/aromatic N) is 2. The van der Waals surface area contributed by atoms with Crippen LogP contribution in [0.15, 0.2) is 4.52 Å². The Morgan fingerprint density at radius 1 is 1.53 bits per heavy atom. The summed E-state index contributed by atoms with van der Waals surface area (Å²) in [5, 5.41) is 14.4. The van der Waals surface area contributed by atoms with E-state index in [1.807, 2.05) is 20.8 Å². The maximum Gasteiger partial charge on any atom is 0.404 e. The zero-order valence-corrected chi connectivity index (χ0v) is 9.07. The summed E-state index contributed by atoms with van der Waals surface area (Å²) in [6.45, 7) is 6.23. The molecular formula is C9H15N3O3. The molecule has 6 heteroatoms. The van der Waals surface area contributed by atoms with Crippen molar-refractivity contribution in [2.45, 2.75) is 32.6 Å². The number of aromatic nitrogens is 2. The number of hydrogen-bond acceptors (Lipinski definition) is 4. The van der Waals surface area contributed by atoms with Crippen LogP contribution in [-0.2, 0) is 11.8 Å². The fourth-order valence-electron chi connectivity index (χ4n) is 0.937. The molecule has 0 radical (unpaired) electrons. The van der Waals surface area contributed by atoms with Gasteiger partial charge in [-0.15, -0.1) is 0 Å². The first-order valence-electron chi connectivity index (χ1n) is 4.69. The van der Waals surface area contributed by atoms with Crippen molar-refractivity contribution >= 4 is 6.09 Å². The lowest BCUT2D eigenvalue weighted by molar-refractivity contribution is 0.194. The SMILES string of the molecule is CC(C)(C)c1noc(CCNC(=O)O)n1. The van der Waals surface area contributed by atoms with Crippen molar-refractivity contribution in [2.75, 3.05) is 6.54 Å². The van der Waals surface area contributed by atoms with Crippen LogP contribution in [0, 0.1) is 0 Å². The Kier molecular flexibility index (Phi) is 3.28. The smallest absolute Gasteiger partial charge is 0.404 e. The topological polar surface area (TPSA) is 88.2 Å². The molecule has 15 heavy (non-hydrogen) atoms. The van der Waals surface area contributed by atoms with Gasteiger partial charge in [0.25, 0.3) is 0 Å². The van der Waals surface area contributed by atoms with Gasteiger partial charge in [0.2, 0.25) is 5.89 Å². The minimum absolute atomic E-state index is 0.151. The van der Waals surface area contributed by atoms with Gasteiger partial charge in [-0.1, -0.05) is 25.9 Å². The van der Waals surface area contributed by atoms with Gasteiger partial charge in [-0.3, -0.25) is 0 Å². The zero-order valence-electron chi connectivity index (χ0n) is 9.07. The molecule has 0 fully saturated rings. The molecule has 1 rings (SSSR count). The first-order valence-corrected chi connectivity index (χ1v) is 4.69. The molecule has 1 aromatic rings. The van der Waals surface area contributed by atoms with E-state index in [1.165, 1.54) is 0 Å². The highest BCUT2D eigenvalue weighted by Gasteiger charge is 2.20. The third kappa shape index (κ3) is 3.57. The second-order valence-electron chi connectivity index (χ2n) is 4.24. The largest absolute Gasteiger partial charge is 0.465 e. The lowest BCUT2D eigenvalue weighted by atomic mass is 9.96. The summed E-state index contributed by atoms with van der Waals surface area (Å²) >= 11 is 0. The van der Waals surface area contributed by atoms with Gasteiger partial charge in [-0.2, -0.15) is 4.98 Å². The second-order valence-corrected chi connectivity index (χ2v) is 4.24. The van der Waals surface area contributed by atoms with Crippen molar-refractivity contribution in [3.63, 3.8) is 0 Å². The summed E-state index contributed by atoms with van der Waals surface area (Å²) in [5.41, 5.74) is -0.151. The van der Waals surface area contributed by atoms with E-state index in [1.54, 1.807) is 0 Å². The third-order valence-electron chi connectivity index (χ3n) is 1.75. The maximum absolute atomic E-state index is 10.2. The van der Waals surface area contributed by atoms with Crippen molar-refractivity contribution < 1.29 is 14.4 Å². The molecule has 0 unspecified atom stereocenters. The molecule has 0 spiro atoms. The Balaban J connectivity index is 2.50.